The van der Waals surface area contributed by atoms with E-state index in [0.717, 1.165) is 12.1 Å². The summed E-state index contributed by atoms with van der Waals surface area (Å²) < 4.78 is 42.5. The second-order valence-electron chi connectivity index (χ2n) is 4.43. The summed E-state index contributed by atoms with van der Waals surface area (Å²) in [4.78, 5) is 10.0. The van der Waals surface area contributed by atoms with Gasteiger partial charge in [0.25, 0.3) is 5.69 Å². The minimum atomic E-state index is -4.60. The number of benzene rings is 1. The SMILES string of the molecule is COCC(C)CNc1ccc(C(F)(F)F)cc1[N+](=O)[O-]. The Morgan fingerprint density at radius 2 is 2.10 bits per heavy atom. The van der Waals surface area contributed by atoms with Gasteiger partial charge in [0.15, 0.2) is 0 Å². The average molecular weight is 292 g/mol. The van der Waals surface area contributed by atoms with Gasteiger partial charge in [-0.2, -0.15) is 13.2 Å². The maximum absolute atomic E-state index is 12.5. The number of halogens is 3. The van der Waals surface area contributed by atoms with E-state index in [4.69, 9.17) is 4.74 Å². The molecule has 1 aromatic rings. The van der Waals surface area contributed by atoms with Gasteiger partial charge in [-0.05, 0) is 18.1 Å². The number of nitrogens with zero attached hydrogens (tertiary/aromatic N) is 1. The number of alkyl halides is 3. The molecular weight excluding hydrogens is 277 g/mol. The Labute approximate surface area is 113 Å². The molecule has 0 aliphatic carbocycles. The first kappa shape index (κ1) is 16.2. The van der Waals surface area contributed by atoms with Crippen LogP contribution in [0.1, 0.15) is 12.5 Å². The summed E-state index contributed by atoms with van der Waals surface area (Å²) in [5.41, 5.74) is -1.57. The van der Waals surface area contributed by atoms with Gasteiger partial charge in [0.1, 0.15) is 5.69 Å². The Kier molecular flexibility index (Phi) is 5.32. The number of hydrogen-bond acceptors (Lipinski definition) is 4. The minimum Gasteiger partial charge on any atom is -0.384 e. The Morgan fingerprint density at radius 1 is 1.45 bits per heavy atom. The molecule has 1 N–H and O–H groups in total. The zero-order chi connectivity index (χ0) is 15.3. The summed E-state index contributed by atoms with van der Waals surface area (Å²) in [6.45, 7) is 2.66. The van der Waals surface area contributed by atoms with Gasteiger partial charge in [-0.3, -0.25) is 10.1 Å². The fraction of sp³-hybridized carbons (Fsp3) is 0.500. The lowest BCUT2D eigenvalue weighted by atomic mass is 10.1. The number of nitro groups is 1. The number of nitro benzene ring substituents is 1. The fourth-order valence-electron chi connectivity index (χ4n) is 1.64. The first-order chi connectivity index (χ1) is 9.25. The van der Waals surface area contributed by atoms with Crippen molar-refractivity contribution in [1.29, 1.82) is 0 Å². The van der Waals surface area contributed by atoms with E-state index in [9.17, 15) is 23.3 Å². The van der Waals surface area contributed by atoms with Crippen LogP contribution in [0.15, 0.2) is 18.2 Å². The molecule has 0 heterocycles. The van der Waals surface area contributed by atoms with Gasteiger partial charge in [-0.15, -0.1) is 0 Å². The molecule has 1 aromatic carbocycles. The van der Waals surface area contributed by atoms with Crippen molar-refractivity contribution < 1.29 is 22.8 Å². The first-order valence-corrected chi connectivity index (χ1v) is 5.84. The van der Waals surface area contributed by atoms with E-state index in [2.05, 4.69) is 5.32 Å². The topological polar surface area (TPSA) is 64.4 Å². The van der Waals surface area contributed by atoms with E-state index < -0.39 is 22.4 Å². The summed E-state index contributed by atoms with van der Waals surface area (Å²) in [6.07, 6.45) is -4.60. The number of rotatable bonds is 6. The maximum atomic E-state index is 12.5. The minimum absolute atomic E-state index is 0.0611. The Bertz CT molecular complexity index is 478. The molecule has 5 nitrogen and oxygen atoms in total. The van der Waals surface area contributed by atoms with Crippen molar-refractivity contribution in [3.05, 3.63) is 33.9 Å². The van der Waals surface area contributed by atoms with Gasteiger partial charge in [0.05, 0.1) is 17.1 Å². The van der Waals surface area contributed by atoms with E-state index in [0.29, 0.717) is 19.2 Å². The molecular formula is C12H15F3N2O3. The monoisotopic (exact) mass is 292 g/mol. The molecule has 0 radical (unpaired) electrons. The van der Waals surface area contributed by atoms with Gasteiger partial charge in [0, 0.05) is 19.7 Å². The van der Waals surface area contributed by atoms with Crippen molar-refractivity contribution in [3.63, 3.8) is 0 Å². The molecule has 1 unspecified atom stereocenters. The smallest absolute Gasteiger partial charge is 0.384 e. The normalized spacial score (nSPS) is 13.1. The van der Waals surface area contributed by atoms with Gasteiger partial charge in [0.2, 0.25) is 0 Å². The maximum Gasteiger partial charge on any atom is 0.416 e. The Balaban J connectivity index is 2.94. The molecule has 1 rings (SSSR count). The van der Waals surface area contributed by atoms with Crippen LogP contribution >= 0.6 is 0 Å². The van der Waals surface area contributed by atoms with Crippen molar-refractivity contribution in [1.82, 2.24) is 0 Å². The molecule has 8 heteroatoms. The van der Waals surface area contributed by atoms with Crippen LogP contribution in [0.3, 0.4) is 0 Å². The molecule has 0 bridgehead atoms. The third-order valence-electron chi connectivity index (χ3n) is 2.61. The van der Waals surface area contributed by atoms with Crippen molar-refractivity contribution >= 4 is 11.4 Å². The van der Waals surface area contributed by atoms with Gasteiger partial charge < -0.3 is 10.1 Å². The summed E-state index contributed by atoms with van der Waals surface area (Å²) in [5, 5.41) is 13.6. The molecule has 0 spiro atoms. The Morgan fingerprint density at radius 3 is 2.60 bits per heavy atom. The van der Waals surface area contributed by atoms with E-state index in [1.807, 2.05) is 6.92 Å². The highest BCUT2D eigenvalue weighted by Crippen LogP contribution is 2.34. The summed E-state index contributed by atoms with van der Waals surface area (Å²) in [5.74, 6) is 0.0712. The lowest BCUT2D eigenvalue weighted by Gasteiger charge is -2.14. The van der Waals surface area contributed by atoms with Gasteiger partial charge in [-0.25, -0.2) is 0 Å². The van der Waals surface area contributed by atoms with E-state index in [1.165, 1.54) is 7.11 Å². The summed E-state index contributed by atoms with van der Waals surface area (Å²) in [6, 6.07) is 2.42. The summed E-state index contributed by atoms with van der Waals surface area (Å²) >= 11 is 0. The number of anilines is 1. The molecule has 0 aromatic heterocycles. The standard InChI is InChI=1S/C12H15F3N2O3/c1-8(7-20-2)6-16-10-4-3-9(12(13,14)15)5-11(10)17(18)19/h3-5,8,16H,6-7H2,1-2H3. The first-order valence-electron chi connectivity index (χ1n) is 5.84. The van der Waals surface area contributed by atoms with Crippen LogP contribution in [0.2, 0.25) is 0 Å². The third kappa shape index (κ3) is 4.37. The molecule has 112 valence electrons. The molecule has 20 heavy (non-hydrogen) atoms. The van der Waals surface area contributed by atoms with Crippen LogP contribution in [0.25, 0.3) is 0 Å². The van der Waals surface area contributed by atoms with Crippen LogP contribution in [0.4, 0.5) is 24.5 Å². The van der Waals surface area contributed by atoms with Crippen molar-refractivity contribution in [3.8, 4) is 0 Å². The van der Waals surface area contributed by atoms with E-state index in [-0.39, 0.29) is 11.6 Å². The van der Waals surface area contributed by atoms with Crippen molar-refractivity contribution in [2.75, 3.05) is 25.6 Å². The van der Waals surface area contributed by atoms with E-state index >= 15 is 0 Å². The molecule has 1 atom stereocenters. The largest absolute Gasteiger partial charge is 0.416 e. The van der Waals surface area contributed by atoms with Crippen LogP contribution < -0.4 is 5.32 Å². The highest BCUT2D eigenvalue weighted by Gasteiger charge is 2.33. The number of nitrogens with one attached hydrogen (secondary N) is 1. The van der Waals surface area contributed by atoms with Crippen molar-refractivity contribution in [2.45, 2.75) is 13.1 Å². The van der Waals surface area contributed by atoms with Crippen LogP contribution in [-0.2, 0) is 10.9 Å². The molecule has 0 saturated carbocycles. The Hall–Kier alpha value is -1.83. The molecule has 0 fully saturated rings. The zero-order valence-electron chi connectivity index (χ0n) is 11.0. The van der Waals surface area contributed by atoms with E-state index in [1.54, 1.807) is 0 Å². The predicted molar refractivity (Wildman–Crippen MR) is 67.6 cm³/mol. The number of methoxy groups -OCH3 is 1. The second kappa shape index (κ2) is 6.56. The molecule has 0 aliphatic rings. The average Bonchev–Trinajstić information content (AvgIpc) is 2.35. The quantitative estimate of drug-likeness (QED) is 0.645. The molecule has 0 aliphatic heterocycles. The number of hydrogen-bond donors (Lipinski definition) is 1. The van der Waals surface area contributed by atoms with Crippen LogP contribution in [0, 0.1) is 16.0 Å². The van der Waals surface area contributed by atoms with Crippen LogP contribution in [-0.4, -0.2) is 25.2 Å². The number of ether oxygens (including phenoxy) is 1. The lowest BCUT2D eigenvalue weighted by Crippen LogP contribution is -2.16. The second-order valence-corrected chi connectivity index (χ2v) is 4.43. The molecule has 0 amide bonds. The van der Waals surface area contributed by atoms with Gasteiger partial charge >= 0.3 is 6.18 Å². The third-order valence-corrected chi connectivity index (χ3v) is 2.61. The highest BCUT2D eigenvalue weighted by molar-refractivity contribution is 5.62. The van der Waals surface area contributed by atoms with Crippen LogP contribution in [0.5, 0.6) is 0 Å². The lowest BCUT2D eigenvalue weighted by molar-refractivity contribution is -0.384. The molecule has 0 saturated heterocycles. The summed E-state index contributed by atoms with van der Waals surface area (Å²) in [7, 11) is 1.52. The fourth-order valence-corrected chi connectivity index (χ4v) is 1.64. The van der Waals surface area contributed by atoms with Crippen molar-refractivity contribution in [2.24, 2.45) is 5.92 Å². The highest BCUT2D eigenvalue weighted by atomic mass is 19.4. The van der Waals surface area contributed by atoms with Gasteiger partial charge in [-0.1, -0.05) is 6.92 Å². The predicted octanol–water partition coefficient (Wildman–Crippen LogP) is 3.31. The zero-order valence-corrected chi connectivity index (χ0v) is 11.0.